The summed E-state index contributed by atoms with van der Waals surface area (Å²) in [7, 11) is -3.22. The highest BCUT2D eigenvalue weighted by Gasteiger charge is 2.26. The zero-order chi connectivity index (χ0) is 15.7. The van der Waals surface area contributed by atoms with Crippen molar-refractivity contribution >= 4 is 33.4 Å². The van der Waals surface area contributed by atoms with E-state index < -0.39 is 15.6 Å². The molecule has 1 heterocycles. The van der Waals surface area contributed by atoms with Gasteiger partial charge in [-0.05, 0) is 49.8 Å². The van der Waals surface area contributed by atoms with E-state index in [4.69, 9.17) is 11.6 Å². The van der Waals surface area contributed by atoms with Gasteiger partial charge in [-0.3, -0.25) is 0 Å². The molecule has 1 aromatic rings. The van der Waals surface area contributed by atoms with Gasteiger partial charge < -0.3 is 5.32 Å². The minimum absolute atomic E-state index is 0.209. The smallest absolute Gasteiger partial charge is 0.209 e. The third-order valence-corrected chi connectivity index (χ3v) is 5.54. The second-order valence-electron chi connectivity index (χ2n) is 6.01. The van der Waals surface area contributed by atoms with Crippen LogP contribution >= 0.6 is 23.4 Å². The topological polar surface area (TPSA) is 58.2 Å². The maximum absolute atomic E-state index is 11.4. The SMILES string of the molecule is CC(C)(CNC1CCSc2ccc(Cl)cc21)NS(C)(=O)=O. The highest BCUT2D eigenvalue weighted by molar-refractivity contribution is 7.99. The van der Waals surface area contributed by atoms with Crippen LogP contribution in [0.1, 0.15) is 31.9 Å². The molecule has 0 bridgehead atoms. The van der Waals surface area contributed by atoms with Crippen LogP contribution in [0.4, 0.5) is 0 Å². The molecule has 4 nitrogen and oxygen atoms in total. The highest BCUT2D eigenvalue weighted by Crippen LogP contribution is 2.37. The Hall–Kier alpha value is -0.270. The maximum atomic E-state index is 11.4. The van der Waals surface area contributed by atoms with Crippen LogP contribution in [0, 0.1) is 0 Å². The lowest BCUT2D eigenvalue weighted by Gasteiger charge is -2.31. The third kappa shape index (κ3) is 5.14. The Bertz CT molecular complexity index is 617. The Balaban J connectivity index is 2.07. The Morgan fingerprint density at radius 3 is 2.81 bits per heavy atom. The quantitative estimate of drug-likeness (QED) is 0.859. The average molecular weight is 349 g/mol. The summed E-state index contributed by atoms with van der Waals surface area (Å²) in [6, 6.07) is 6.17. The molecule has 1 aliphatic rings. The molecule has 0 saturated heterocycles. The zero-order valence-electron chi connectivity index (χ0n) is 12.4. The fraction of sp³-hybridized carbons (Fsp3) is 0.571. The number of halogens is 1. The normalized spacial score (nSPS) is 19.3. The number of rotatable bonds is 5. The molecule has 2 N–H and O–H groups in total. The number of hydrogen-bond donors (Lipinski definition) is 2. The van der Waals surface area contributed by atoms with E-state index in [9.17, 15) is 8.42 Å². The van der Waals surface area contributed by atoms with E-state index in [2.05, 4.69) is 16.1 Å². The Labute approximate surface area is 136 Å². The summed E-state index contributed by atoms with van der Waals surface area (Å²) in [6.45, 7) is 4.30. The number of hydrogen-bond acceptors (Lipinski definition) is 4. The molecular weight excluding hydrogens is 328 g/mol. The average Bonchev–Trinajstić information content (AvgIpc) is 2.33. The zero-order valence-corrected chi connectivity index (χ0v) is 14.8. The van der Waals surface area contributed by atoms with Gasteiger partial charge in [0.05, 0.1) is 6.26 Å². The van der Waals surface area contributed by atoms with E-state index in [1.54, 1.807) is 0 Å². The molecule has 1 atom stereocenters. The third-order valence-electron chi connectivity index (χ3n) is 3.26. The Morgan fingerprint density at radius 2 is 2.14 bits per heavy atom. The number of sulfonamides is 1. The van der Waals surface area contributed by atoms with Crippen LogP contribution in [0.2, 0.25) is 5.02 Å². The van der Waals surface area contributed by atoms with Gasteiger partial charge in [-0.15, -0.1) is 11.8 Å². The van der Waals surface area contributed by atoms with Crippen LogP contribution < -0.4 is 10.0 Å². The first-order chi connectivity index (χ1) is 9.66. The van der Waals surface area contributed by atoms with Crippen LogP contribution in [-0.4, -0.2) is 32.5 Å². The fourth-order valence-electron chi connectivity index (χ4n) is 2.49. The Kier molecular flexibility index (Phi) is 5.26. The molecule has 118 valence electrons. The van der Waals surface area contributed by atoms with Crippen LogP contribution in [-0.2, 0) is 10.0 Å². The van der Waals surface area contributed by atoms with Gasteiger partial charge in [-0.1, -0.05) is 11.6 Å². The van der Waals surface area contributed by atoms with Gasteiger partial charge >= 0.3 is 0 Å². The van der Waals surface area contributed by atoms with Crippen molar-refractivity contribution in [2.75, 3.05) is 18.6 Å². The number of thioether (sulfide) groups is 1. The van der Waals surface area contributed by atoms with E-state index in [1.807, 2.05) is 37.7 Å². The van der Waals surface area contributed by atoms with Crippen molar-refractivity contribution in [3.8, 4) is 0 Å². The predicted octanol–water partition coefficient (Wildman–Crippen LogP) is 2.79. The lowest BCUT2D eigenvalue weighted by atomic mass is 10.0. The lowest BCUT2D eigenvalue weighted by molar-refractivity contribution is 0.384. The second-order valence-corrected chi connectivity index (χ2v) is 9.33. The van der Waals surface area contributed by atoms with Gasteiger partial charge in [0.25, 0.3) is 0 Å². The summed E-state index contributed by atoms with van der Waals surface area (Å²) in [4.78, 5) is 1.25. The van der Waals surface area contributed by atoms with Crippen LogP contribution in [0.5, 0.6) is 0 Å². The van der Waals surface area contributed by atoms with E-state index in [-0.39, 0.29) is 6.04 Å². The molecule has 2 rings (SSSR count). The molecule has 0 aromatic heterocycles. The number of fused-ring (bicyclic) bond motifs is 1. The van der Waals surface area contributed by atoms with Gasteiger partial charge in [0, 0.05) is 28.0 Å². The standard InChI is InChI=1S/C14H21ClN2O2S2/c1-14(2,17-21(3,18)19)9-16-12-6-7-20-13-5-4-10(15)8-11(12)13/h4-5,8,12,16-17H,6-7,9H2,1-3H3. The maximum Gasteiger partial charge on any atom is 0.209 e. The van der Waals surface area contributed by atoms with E-state index in [0.29, 0.717) is 6.54 Å². The fourth-order valence-corrected chi connectivity index (χ4v) is 4.86. The summed E-state index contributed by atoms with van der Waals surface area (Å²) < 4.78 is 25.4. The van der Waals surface area contributed by atoms with E-state index in [1.165, 1.54) is 16.7 Å². The molecule has 1 aromatic carbocycles. The molecule has 0 spiro atoms. The minimum Gasteiger partial charge on any atom is -0.308 e. The second kappa shape index (κ2) is 6.46. The van der Waals surface area contributed by atoms with Crippen LogP contribution in [0.25, 0.3) is 0 Å². The monoisotopic (exact) mass is 348 g/mol. The van der Waals surface area contributed by atoms with Crippen molar-refractivity contribution in [3.63, 3.8) is 0 Å². The van der Waals surface area contributed by atoms with Gasteiger partial charge in [0.1, 0.15) is 0 Å². The molecule has 0 fully saturated rings. The summed E-state index contributed by atoms with van der Waals surface area (Å²) in [5.41, 5.74) is 0.672. The number of nitrogens with one attached hydrogen (secondary N) is 2. The largest absolute Gasteiger partial charge is 0.308 e. The van der Waals surface area contributed by atoms with Crippen molar-refractivity contribution in [1.29, 1.82) is 0 Å². The van der Waals surface area contributed by atoms with E-state index >= 15 is 0 Å². The molecule has 0 aliphatic carbocycles. The number of benzene rings is 1. The molecule has 0 radical (unpaired) electrons. The van der Waals surface area contributed by atoms with Crippen LogP contribution in [0.3, 0.4) is 0 Å². The summed E-state index contributed by atoms with van der Waals surface area (Å²) in [6.07, 6.45) is 2.19. The lowest BCUT2D eigenvalue weighted by Crippen LogP contribution is -2.50. The first-order valence-corrected chi connectivity index (χ1v) is 10.1. The van der Waals surface area contributed by atoms with E-state index in [0.717, 1.165) is 17.2 Å². The van der Waals surface area contributed by atoms with Crippen molar-refractivity contribution in [3.05, 3.63) is 28.8 Å². The van der Waals surface area contributed by atoms with Crippen LogP contribution in [0.15, 0.2) is 23.1 Å². The molecule has 7 heteroatoms. The molecule has 21 heavy (non-hydrogen) atoms. The van der Waals surface area contributed by atoms with Gasteiger partial charge in [0.15, 0.2) is 0 Å². The Morgan fingerprint density at radius 1 is 1.43 bits per heavy atom. The predicted molar refractivity (Wildman–Crippen MR) is 89.6 cm³/mol. The van der Waals surface area contributed by atoms with Crippen molar-refractivity contribution in [2.45, 2.75) is 36.7 Å². The first kappa shape index (κ1) is 17.1. The first-order valence-electron chi connectivity index (χ1n) is 6.81. The van der Waals surface area contributed by atoms with Gasteiger partial charge in [-0.2, -0.15) is 0 Å². The molecule has 1 aliphatic heterocycles. The minimum atomic E-state index is -3.22. The molecule has 0 saturated carbocycles. The van der Waals surface area contributed by atoms with Crippen molar-refractivity contribution < 1.29 is 8.42 Å². The highest BCUT2D eigenvalue weighted by atomic mass is 35.5. The van der Waals surface area contributed by atoms with Crippen molar-refractivity contribution in [1.82, 2.24) is 10.0 Å². The van der Waals surface area contributed by atoms with Gasteiger partial charge in [-0.25, -0.2) is 13.1 Å². The molecular formula is C14H21ClN2O2S2. The molecule has 1 unspecified atom stereocenters. The summed E-state index contributed by atoms with van der Waals surface area (Å²) in [5, 5.41) is 4.20. The molecule has 0 amide bonds. The van der Waals surface area contributed by atoms with Gasteiger partial charge in [0.2, 0.25) is 10.0 Å². The summed E-state index contributed by atoms with van der Waals surface area (Å²) >= 11 is 7.92. The van der Waals surface area contributed by atoms with Crippen molar-refractivity contribution in [2.24, 2.45) is 0 Å². The summed E-state index contributed by atoms with van der Waals surface area (Å²) in [5.74, 6) is 1.05.